The van der Waals surface area contributed by atoms with Gasteiger partial charge in [-0.3, -0.25) is 4.79 Å². The number of aliphatic hydroxyl groups excluding tert-OH is 1. The number of hydrogen-bond acceptors (Lipinski definition) is 4. The van der Waals surface area contributed by atoms with Crippen molar-refractivity contribution in [1.82, 2.24) is 15.1 Å². The Kier molecular flexibility index (Phi) is 6.91. The topological polar surface area (TPSA) is 93.1 Å². The summed E-state index contributed by atoms with van der Waals surface area (Å²) in [5.74, 6) is -0.917. The number of carboxylic acid groups (broad SMARTS) is 1. The number of carbonyl (C=O) groups excluding carboxylic acids is 1. The Balaban J connectivity index is 2.63. The highest BCUT2D eigenvalue weighted by Gasteiger charge is 2.35. The number of urea groups is 1. The summed E-state index contributed by atoms with van der Waals surface area (Å²) in [6.45, 7) is 2.94. The first-order valence-electron chi connectivity index (χ1n) is 7.45. The summed E-state index contributed by atoms with van der Waals surface area (Å²) in [7, 11) is 3.84. The average Bonchev–Trinajstić information content (AvgIpc) is 2.68. The predicted octanol–water partition coefficient (Wildman–Crippen LogP) is 0.336. The lowest BCUT2D eigenvalue weighted by molar-refractivity contribution is -0.137. The quantitative estimate of drug-likeness (QED) is 0.630. The number of rotatable bonds is 7. The van der Waals surface area contributed by atoms with Crippen LogP contribution in [0.1, 0.15) is 32.6 Å². The number of amides is 2. The van der Waals surface area contributed by atoms with Gasteiger partial charge in [-0.1, -0.05) is 13.3 Å². The minimum Gasteiger partial charge on any atom is -0.481 e. The first kappa shape index (κ1) is 17.7. The van der Waals surface area contributed by atoms with Gasteiger partial charge >= 0.3 is 12.0 Å². The van der Waals surface area contributed by atoms with Crippen molar-refractivity contribution in [3.8, 4) is 0 Å². The van der Waals surface area contributed by atoms with E-state index in [2.05, 4.69) is 5.32 Å². The van der Waals surface area contributed by atoms with E-state index in [1.807, 2.05) is 25.9 Å². The molecule has 0 aromatic carbocycles. The van der Waals surface area contributed by atoms with Crippen LogP contribution in [-0.2, 0) is 4.79 Å². The van der Waals surface area contributed by atoms with E-state index in [0.717, 1.165) is 6.42 Å². The Labute approximate surface area is 125 Å². The Hall–Kier alpha value is -1.34. The van der Waals surface area contributed by atoms with Gasteiger partial charge in [-0.2, -0.15) is 0 Å². The fraction of sp³-hybridized carbons (Fsp3) is 0.857. The molecule has 122 valence electrons. The lowest BCUT2D eigenvalue weighted by Crippen LogP contribution is -2.49. The third-order valence-corrected chi connectivity index (χ3v) is 3.61. The molecule has 0 aromatic rings. The number of likely N-dealkylation sites (tertiary alicyclic amines) is 1. The molecule has 21 heavy (non-hydrogen) atoms. The number of hydrogen-bond donors (Lipinski definition) is 3. The minimum absolute atomic E-state index is 0.0397. The van der Waals surface area contributed by atoms with Crippen LogP contribution in [0.2, 0.25) is 0 Å². The Morgan fingerprint density at radius 3 is 2.62 bits per heavy atom. The number of aliphatic carboxylic acids is 1. The first-order chi connectivity index (χ1) is 9.83. The number of nitrogens with zero attached hydrogens (tertiary/aromatic N) is 2. The molecule has 0 aromatic heterocycles. The highest BCUT2D eigenvalue weighted by atomic mass is 16.4. The number of nitrogens with one attached hydrogen (secondary N) is 1. The van der Waals surface area contributed by atoms with Gasteiger partial charge < -0.3 is 25.3 Å². The summed E-state index contributed by atoms with van der Waals surface area (Å²) in [6, 6.07) is -0.682. The first-order valence-corrected chi connectivity index (χ1v) is 7.45. The third kappa shape index (κ3) is 5.89. The van der Waals surface area contributed by atoms with Gasteiger partial charge in [0, 0.05) is 25.2 Å². The number of β-amino-alcohol motifs (C(OH)–C–C–N with tert-alkyl or cyclic N) is 1. The van der Waals surface area contributed by atoms with Crippen LogP contribution in [0.25, 0.3) is 0 Å². The normalized spacial score (nSPS) is 23.4. The average molecular weight is 301 g/mol. The van der Waals surface area contributed by atoms with Crippen molar-refractivity contribution in [2.75, 3.05) is 27.2 Å². The molecule has 1 rings (SSSR count). The van der Waals surface area contributed by atoms with Crippen molar-refractivity contribution >= 4 is 12.0 Å². The second-order valence-electron chi connectivity index (χ2n) is 5.99. The lowest BCUT2D eigenvalue weighted by atomic mass is 10.1. The van der Waals surface area contributed by atoms with Gasteiger partial charge in [0.15, 0.2) is 0 Å². The van der Waals surface area contributed by atoms with Gasteiger partial charge in [-0.15, -0.1) is 0 Å². The summed E-state index contributed by atoms with van der Waals surface area (Å²) in [6.07, 6.45) is 1.41. The van der Waals surface area contributed by atoms with E-state index >= 15 is 0 Å². The smallest absolute Gasteiger partial charge is 0.318 e. The largest absolute Gasteiger partial charge is 0.481 e. The molecule has 0 bridgehead atoms. The van der Waals surface area contributed by atoms with E-state index in [9.17, 15) is 14.7 Å². The van der Waals surface area contributed by atoms with Crippen LogP contribution in [0.5, 0.6) is 0 Å². The summed E-state index contributed by atoms with van der Waals surface area (Å²) >= 11 is 0. The van der Waals surface area contributed by atoms with E-state index in [1.165, 1.54) is 0 Å². The maximum atomic E-state index is 12.3. The Morgan fingerprint density at radius 2 is 2.10 bits per heavy atom. The molecule has 0 radical (unpaired) electrons. The molecule has 1 aliphatic rings. The van der Waals surface area contributed by atoms with Crippen molar-refractivity contribution in [2.24, 2.45) is 0 Å². The van der Waals surface area contributed by atoms with E-state index in [0.29, 0.717) is 25.9 Å². The summed E-state index contributed by atoms with van der Waals surface area (Å²) < 4.78 is 0. The van der Waals surface area contributed by atoms with Crippen LogP contribution in [0, 0.1) is 0 Å². The van der Waals surface area contributed by atoms with Crippen LogP contribution >= 0.6 is 0 Å². The molecular formula is C14H27N3O4. The monoisotopic (exact) mass is 301 g/mol. The summed E-state index contributed by atoms with van der Waals surface area (Å²) in [5, 5.41) is 21.5. The molecule has 1 fully saturated rings. The molecule has 1 saturated heterocycles. The van der Waals surface area contributed by atoms with Crippen LogP contribution in [0.15, 0.2) is 0 Å². The van der Waals surface area contributed by atoms with E-state index in [-0.39, 0.29) is 24.5 Å². The lowest BCUT2D eigenvalue weighted by Gasteiger charge is -2.28. The standard InChI is InChI=1S/C14H27N3O4/c1-4-5-10(6-13(19)20)15-14(21)17-9-12(18)7-11(17)8-16(2)3/h10-12,18H,4-9H2,1-3H3,(H,15,21)(H,19,20). The zero-order valence-electron chi connectivity index (χ0n) is 13.1. The van der Waals surface area contributed by atoms with Gasteiger partial charge in [-0.05, 0) is 26.9 Å². The molecule has 0 saturated carbocycles. The third-order valence-electron chi connectivity index (χ3n) is 3.61. The van der Waals surface area contributed by atoms with Crippen molar-refractivity contribution < 1.29 is 19.8 Å². The molecule has 3 unspecified atom stereocenters. The van der Waals surface area contributed by atoms with Crippen LogP contribution in [0.4, 0.5) is 4.79 Å². The fourth-order valence-corrected chi connectivity index (χ4v) is 2.78. The number of carboxylic acids is 1. The zero-order valence-corrected chi connectivity index (χ0v) is 13.1. The van der Waals surface area contributed by atoms with E-state index < -0.39 is 12.1 Å². The zero-order chi connectivity index (χ0) is 16.0. The molecule has 7 nitrogen and oxygen atoms in total. The molecule has 0 spiro atoms. The van der Waals surface area contributed by atoms with Crippen molar-refractivity contribution in [3.63, 3.8) is 0 Å². The van der Waals surface area contributed by atoms with Crippen molar-refractivity contribution in [3.05, 3.63) is 0 Å². The van der Waals surface area contributed by atoms with E-state index in [4.69, 9.17) is 5.11 Å². The summed E-state index contributed by atoms with van der Waals surface area (Å²) in [4.78, 5) is 26.8. The molecule has 3 atom stereocenters. The molecule has 7 heteroatoms. The minimum atomic E-state index is -0.917. The Morgan fingerprint density at radius 1 is 1.43 bits per heavy atom. The Bertz CT molecular complexity index is 362. The molecule has 0 aliphatic carbocycles. The molecule has 3 N–H and O–H groups in total. The van der Waals surface area contributed by atoms with Crippen molar-refractivity contribution in [1.29, 1.82) is 0 Å². The van der Waals surface area contributed by atoms with E-state index in [1.54, 1.807) is 4.90 Å². The van der Waals surface area contributed by atoms with Gasteiger partial charge in [-0.25, -0.2) is 4.79 Å². The fourth-order valence-electron chi connectivity index (χ4n) is 2.78. The second kappa shape index (κ2) is 8.19. The summed E-state index contributed by atoms with van der Waals surface area (Å²) in [5.41, 5.74) is 0. The highest BCUT2D eigenvalue weighted by molar-refractivity contribution is 5.76. The van der Waals surface area contributed by atoms with Crippen molar-refractivity contribution in [2.45, 2.75) is 50.8 Å². The molecular weight excluding hydrogens is 274 g/mol. The van der Waals surface area contributed by atoms with Gasteiger partial charge in [0.05, 0.1) is 12.5 Å². The maximum absolute atomic E-state index is 12.3. The van der Waals surface area contributed by atoms with Gasteiger partial charge in [0.25, 0.3) is 0 Å². The highest BCUT2D eigenvalue weighted by Crippen LogP contribution is 2.19. The number of likely N-dealkylation sites (N-methyl/N-ethyl adjacent to an activating group) is 1. The maximum Gasteiger partial charge on any atom is 0.318 e. The predicted molar refractivity (Wildman–Crippen MR) is 79.2 cm³/mol. The SMILES string of the molecule is CCCC(CC(=O)O)NC(=O)N1CC(O)CC1CN(C)C. The van der Waals surface area contributed by atoms with Crippen LogP contribution in [-0.4, -0.2) is 77.4 Å². The van der Waals surface area contributed by atoms with Crippen LogP contribution in [0.3, 0.4) is 0 Å². The molecule has 2 amide bonds. The number of carbonyl (C=O) groups is 2. The van der Waals surface area contributed by atoms with Gasteiger partial charge in [0.2, 0.25) is 0 Å². The van der Waals surface area contributed by atoms with Gasteiger partial charge in [0.1, 0.15) is 0 Å². The molecule has 1 heterocycles. The molecule has 1 aliphatic heterocycles. The number of aliphatic hydroxyl groups is 1. The van der Waals surface area contributed by atoms with Crippen LogP contribution < -0.4 is 5.32 Å². The second-order valence-corrected chi connectivity index (χ2v) is 5.99.